The van der Waals surface area contributed by atoms with Crippen LogP contribution in [0.3, 0.4) is 0 Å². The maximum absolute atomic E-state index is 5.75. The fourth-order valence-corrected chi connectivity index (χ4v) is 2.48. The number of benzene rings is 1. The normalized spacial score (nSPS) is 20.2. The molecule has 1 atom stereocenters. The maximum Gasteiger partial charge on any atom is 0.118 e. The van der Waals surface area contributed by atoms with Gasteiger partial charge in [-0.3, -0.25) is 4.90 Å². The van der Waals surface area contributed by atoms with Crippen LogP contribution in [0.5, 0.6) is 5.75 Å². The Kier molecular flexibility index (Phi) is 6.47. The maximum atomic E-state index is 5.75. The molecule has 1 aliphatic heterocycles. The van der Waals surface area contributed by atoms with Crippen molar-refractivity contribution in [1.82, 2.24) is 4.90 Å². The Balaban J connectivity index is 0.00000162. The van der Waals surface area contributed by atoms with Crippen molar-refractivity contribution in [2.75, 3.05) is 26.7 Å². The van der Waals surface area contributed by atoms with E-state index in [9.17, 15) is 0 Å². The molecule has 3 nitrogen and oxygen atoms in total. The summed E-state index contributed by atoms with van der Waals surface area (Å²) in [6, 6.07) is 8.34. The molecule has 1 aliphatic rings. The third-order valence-electron chi connectivity index (χ3n) is 3.50. The number of piperidine rings is 1. The Morgan fingerprint density at radius 3 is 2.67 bits per heavy atom. The summed E-state index contributed by atoms with van der Waals surface area (Å²) in [6.45, 7) is 4.19. The highest BCUT2D eigenvalue weighted by Gasteiger charge is 2.18. The number of likely N-dealkylation sites (tertiary alicyclic amines) is 1. The van der Waals surface area contributed by atoms with Crippen LogP contribution in [-0.4, -0.2) is 31.6 Å². The van der Waals surface area contributed by atoms with Crippen LogP contribution in [0.15, 0.2) is 24.3 Å². The quantitative estimate of drug-likeness (QED) is 0.912. The average molecular weight is 271 g/mol. The van der Waals surface area contributed by atoms with E-state index in [1.807, 2.05) is 12.1 Å². The third-order valence-corrected chi connectivity index (χ3v) is 3.50. The van der Waals surface area contributed by atoms with Crippen LogP contribution in [0.1, 0.15) is 18.4 Å². The molecule has 0 amide bonds. The van der Waals surface area contributed by atoms with E-state index in [1.54, 1.807) is 7.11 Å². The molecule has 0 radical (unpaired) electrons. The van der Waals surface area contributed by atoms with E-state index in [0.717, 1.165) is 25.4 Å². The lowest BCUT2D eigenvalue weighted by Gasteiger charge is -2.32. The summed E-state index contributed by atoms with van der Waals surface area (Å²) in [6.07, 6.45) is 2.56. The monoisotopic (exact) mass is 270 g/mol. The van der Waals surface area contributed by atoms with Crippen LogP contribution in [0, 0.1) is 5.92 Å². The van der Waals surface area contributed by atoms with Crippen molar-refractivity contribution in [1.29, 1.82) is 0 Å². The summed E-state index contributed by atoms with van der Waals surface area (Å²) in [5.74, 6) is 1.61. The highest BCUT2D eigenvalue weighted by atomic mass is 35.5. The largest absolute Gasteiger partial charge is 0.497 e. The van der Waals surface area contributed by atoms with Crippen molar-refractivity contribution >= 4 is 12.4 Å². The number of hydrogen-bond acceptors (Lipinski definition) is 3. The van der Waals surface area contributed by atoms with Crippen LogP contribution >= 0.6 is 12.4 Å². The van der Waals surface area contributed by atoms with Crippen LogP contribution < -0.4 is 10.5 Å². The molecule has 2 N–H and O–H groups in total. The molecule has 4 heteroatoms. The van der Waals surface area contributed by atoms with Gasteiger partial charge in [-0.1, -0.05) is 12.1 Å². The summed E-state index contributed by atoms with van der Waals surface area (Å²) in [5, 5.41) is 0. The summed E-state index contributed by atoms with van der Waals surface area (Å²) in [5.41, 5.74) is 7.10. The minimum atomic E-state index is 0. The zero-order chi connectivity index (χ0) is 12.1. The molecular formula is C14H23ClN2O. The highest BCUT2D eigenvalue weighted by Crippen LogP contribution is 2.19. The van der Waals surface area contributed by atoms with Gasteiger partial charge >= 0.3 is 0 Å². The zero-order valence-electron chi connectivity index (χ0n) is 11.0. The molecular weight excluding hydrogens is 248 g/mol. The zero-order valence-corrected chi connectivity index (χ0v) is 11.8. The number of rotatable bonds is 4. The van der Waals surface area contributed by atoms with Gasteiger partial charge in [-0.05, 0) is 49.5 Å². The molecule has 1 aromatic carbocycles. The molecule has 0 spiro atoms. The number of nitrogens with two attached hydrogens (primary N) is 1. The standard InChI is InChI=1S/C14H22N2O.ClH/c1-17-14-6-4-12(5-7-14)10-16-8-2-3-13(9-15)11-16;/h4-7,13H,2-3,8-11,15H2,1H3;1H. The summed E-state index contributed by atoms with van der Waals surface area (Å²) < 4.78 is 5.16. The second-order valence-electron chi connectivity index (χ2n) is 4.83. The number of methoxy groups -OCH3 is 1. The number of halogens is 1. The Labute approximate surface area is 116 Å². The Morgan fingerprint density at radius 2 is 2.06 bits per heavy atom. The van der Waals surface area contributed by atoms with Gasteiger partial charge in [0.25, 0.3) is 0 Å². The molecule has 0 bridgehead atoms. The number of ether oxygens (including phenoxy) is 1. The Morgan fingerprint density at radius 1 is 1.33 bits per heavy atom. The van der Waals surface area contributed by atoms with Crippen LogP contribution in [0.4, 0.5) is 0 Å². The smallest absolute Gasteiger partial charge is 0.118 e. The van der Waals surface area contributed by atoms with E-state index in [2.05, 4.69) is 17.0 Å². The van der Waals surface area contributed by atoms with Gasteiger partial charge in [0.15, 0.2) is 0 Å². The van der Waals surface area contributed by atoms with Gasteiger partial charge in [-0.2, -0.15) is 0 Å². The third kappa shape index (κ3) is 4.16. The first kappa shape index (κ1) is 15.3. The molecule has 0 aromatic heterocycles. The highest BCUT2D eigenvalue weighted by molar-refractivity contribution is 5.85. The second kappa shape index (κ2) is 7.62. The molecule has 18 heavy (non-hydrogen) atoms. The lowest BCUT2D eigenvalue weighted by atomic mass is 9.98. The van der Waals surface area contributed by atoms with Crippen molar-refractivity contribution in [3.63, 3.8) is 0 Å². The summed E-state index contributed by atoms with van der Waals surface area (Å²) in [7, 11) is 1.70. The van der Waals surface area contributed by atoms with E-state index >= 15 is 0 Å². The van der Waals surface area contributed by atoms with Gasteiger partial charge in [-0.15, -0.1) is 12.4 Å². The molecule has 1 unspecified atom stereocenters. The first-order valence-electron chi connectivity index (χ1n) is 6.37. The van der Waals surface area contributed by atoms with E-state index in [4.69, 9.17) is 10.5 Å². The predicted molar refractivity (Wildman–Crippen MR) is 77.3 cm³/mol. The summed E-state index contributed by atoms with van der Waals surface area (Å²) in [4.78, 5) is 2.50. The van der Waals surface area contributed by atoms with Gasteiger partial charge in [0.1, 0.15) is 5.75 Å². The SMILES string of the molecule is COc1ccc(CN2CCCC(CN)C2)cc1.Cl. The summed E-state index contributed by atoms with van der Waals surface area (Å²) >= 11 is 0. The topological polar surface area (TPSA) is 38.5 Å². The molecule has 2 rings (SSSR count). The van der Waals surface area contributed by atoms with Crippen LogP contribution in [0.25, 0.3) is 0 Å². The lowest BCUT2D eigenvalue weighted by molar-refractivity contribution is 0.171. The first-order chi connectivity index (χ1) is 8.31. The van der Waals surface area contributed by atoms with Crippen molar-refractivity contribution in [3.05, 3.63) is 29.8 Å². The van der Waals surface area contributed by atoms with Gasteiger partial charge < -0.3 is 10.5 Å². The van der Waals surface area contributed by atoms with E-state index in [1.165, 1.54) is 24.9 Å². The Hall–Kier alpha value is -0.770. The lowest BCUT2D eigenvalue weighted by Crippen LogP contribution is -2.37. The van der Waals surface area contributed by atoms with E-state index < -0.39 is 0 Å². The minimum Gasteiger partial charge on any atom is -0.497 e. The number of hydrogen-bond donors (Lipinski definition) is 1. The average Bonchev–Trinajstić information content (AvgIpc) is 2.40. The fourth-order valence-electron chi connectivity index (χ4n) is 2.48. The van der Waals surface area contributed by atoms with Gasteiger partial charge in [0.05, 0.1) is 7.11 Å². The van der Waals surface area contributed by atoms with Crippen molar-refractivity contribution in [2.24, 2.45) is 11.7 Å². The van der Waals surface area contributed by atoms with Crippen molar-refractivity contribution in [2.45, 2.75) is 19.4 Å². The molecule has 102 valence electrons. The Bertz CT molecular complexity index is 342. The predicted octanol–water partition coefficient (Wildman–Crippen LogP) is 2.29. The van der Waals surface area contributed by atoms with Crippen molar-refractivity contribution in [3.8, 4) is 5.75 Å². The molecule has 1 heterocycles. The molecule has 0 aliphatic carbocycles. The van der Waals surface area contributed by atoms with Crippen LogP contribution in [-0.2, 0) is 6.54 Å². The first-order valence-corrected chi connectivity index (χ1v) is 6.37. The van der Waals surface area contributed by atoms with Gasteiger partial charge in [0, 0.05) is 13.1 Å². The molecule has 0 saturated carbocycles. The van der Waals surface area contributed by atoms with Crippen molar-refractivity contribution < 1.29 is 4.74 Å². The fraction of sp³-hybridized carbons (Fsp3) is 0.571. The molecule has 1 aromatic rings. The van der Waals surface area contributed by atoms with Gasteiger partial charge in [-0.25, -0.2) is 0 Å². The minimum absolute atomic E-state index is 0. The second-order valence-corrected chi connectivity index (χ2v) is 4.83. The molecule has 1 fully saturated rings. The van der Waals surface area contributed by atoms with Gasteiger partial charge in [0.2, 0.25) is 0 Å². The van der Waals surface area contributed by atoms with E-state index in [0.29, 0.717) is 5.92 Å². The van der Waals surface area contributed by atoms with E-state index in [-0.39, 0.29) is 12.4 Å². The molecule has 1 saturated heterocycles. The van der Waals surface area contributed by atoms with Crippen LogP contribution in [0.2, 0.25) is 0 Å². The number of nitrogens with zero attached hydrogens (tertiary/aromatic N) is 1.